The van der Waals surface area contributed by atoms with E-state index in [2.05, 4.69) is 12.2 Å². The molecule has 0 aromatic heterocycles. The second kappa shape index (κ2) is 9.64. The average Bonchev–Trinajstić information content (AvgIpc) is 2.43. The zero-order valence-electron chi connectivity index (χ0n) is 11.9. The summed E-state index contributed by atoms with van der Waals surface area (Å²) in [4.78, 5) is 0. The van der Waals surface area contributed by atoms with Gasteiger partial charge in [0.05, 0.1) is 13.2 Å². The highest BCUT2D eigenvalue weighted by Crippen LogP contribution is 2.25. The molecule has 0 bridgehead atoms. The predicted octanol–water partition coefficient (Wildman–Crippen LogP) is 2.35. The zero-order valence-corrected chi connectivity index (χ0v) is 11.9. The number of unbranched alkanes of at least 4 members (excludes halogenated alkanes) is 1. The largest absolute Gasteiger partial charge is 0.493 e. The predicted molar refractivity (Wildman–Crippen MR) is 76.8 cm³/mol. The van der Waals surface area contributed by atoms with E-state index in [1.165, 1.54) is 0 Å². The molecule has 19 heavy (non-hydrogen) atoms. The summed E-state index contributed by atoms with van der Waals surface area (Å²) >= 11 is 0. The van der Waals surface area contributed by atoms with Crippen molar-refractivity contribution in [1.82, 2.24) is 5.32 Å². The normalized spacial score (nSPS) is 10.5. The summed E-state index contributed by atoms with van der Waals surface area (Å²) in [7, 11) is 1.91. The maximum absolute atomic E-state index is 8.76. The van der Waals surface area contributed by atoms with Crippen LogP contribution in [0.15, 0.2) is 18.2 Å². The van der Waals surface area contributed by atoms with Crippen molar-refractivity contribution < 1.29 is 14.6 Å². The van der Waals surface area contributed by atoms with Crippen LogP contribution < -0.4 is 14.8 Å². The molecule has 0 saturated carbocycles. The molecule has 0 aliphatic carbocycles. The number of rotatable bonds is 10. The number of hydrogen-bond acceptors (Lipinski definition) is 4. The molecule has 1 rings (SSSR count). The van der Waals surface area contributed by atoms with Crippen LogP contribution in [-0.2, 0) is 6.54 Å². The number of ether oxygens (including phenoxy) is 2. The van der Waals surface area contributed by atoms with E-state index < -0.39 is 0 Å². The van der Waals surface area contributed by atoms with Gasteiger partial charge in [0.25, 0.3) is 0 Å². The Morgan fingerprint density at radius 1 is 1.16 bits per heavy atom. The van der Waals surface area contributed by atoms with Crippen LogP contribution in [0.1, 0.15) is 31.7 Å². The van der Waals surface area contributed by atoms with Gasteiger partial charge in [0.2, 0.25) is 0 Å². The second-order valence-corrected chi connectivity index (χ2v) is 4.43. The maximum atomic E-state index is 8.76. The minimum Gasteiger partial charge on any atom is -0.493 e. The Kier molecular flexibility index (Phi) is 8.02. The fourth-order valence-corrected chi connectivity index (χ4v) is 1.71. The molecule has 1 aromatic rings. The summed E-state index contributed by atoms with van der Waals surface area (Å²) in [6.07, 6.45) is 2.62. The van der Waals surface area contributed by atoms with Gasteiger partial charge in [-0.3, -0.25) is 0 Å². The van der Waals surface area contributed by atoms with Crippen molar-refractivity contribution in [2.24, 2.45) is 0 Å². The fraction of sp³-hybridized carbons (Fsp3) is 0.600. The van der Waals surface area contributed by atoms with Crippen LogP contribution in [0, 0.1) is 0 Å². The minimum absolute atomic E-state index is 0.215. The van der Waals surface area contributed by atoms with Crippen molar-refractivity contribution in [2.45, 2.75) is 32.7 Å². The Morgan fingerprint density at radius 3 is 2.68 bits per heavy atom. The number of aliphatic hydroxyl groups excluding tert-OH is 1. The van der Waals surface area contributed by atoms with E-state index in [9.17, 15) is 0 Å². The fourth-order valence-electron chi connectivity index (χ4n) is 1.71. The molecule has 1 aromatic carbocycles. The van der Waals surface area contributed by atoms with Gasteiger partial charge in [-0.1, -0.05) is 13.0 Å². The highest BCUT2D eigenvalue weighted by atomic mass is 16.5. The molecule has 0 spiro atoms. The Balaban J connectivity index is 2.65. The standard InChI is InChI=1S/C15H25NO3/c1-3-9-18-14-7-6-13(12-16-2)15(11-14)19-10-5-4-8-17/h6-7,11,16-17H,3-5,8-10,12H2,1-2H3. The quantitative estimate of drug-likeness (QED) is 0.639. The third-order valence-corrected chi connectivity index (χ3v) is 2.69. The van der Waals surface area contributed by atoms with Crippen LogP contribution in [0.5, 0.6) is 11.5 Å². The molecule has 0 heterocycles. The summed E-state index contributed by atoms with van der Waals surface area (Å²) in [5.74, 6) is 1.71. The molecule has 4 heteroatoms. The van der Waals surface area contributed by atoms with Gasteiger partial charge in [-0.2, -0.15) is 0 Å². The van der Waals surface area contributed by atoms with E-state index in [-0.39, 0.29) is 6.61 Å². The number of hydrogen-bond donors (Lipinski definition) is 2. The van der Waals surface area contributed by atoms with Gasteiger partial charge >= 0.3 is 0 Å². The summed E-state index contributed by atoms with van der Waals surface area (Å²) < 4.78 is 11.4. The first-order valence-electron chi connectivity index (χ1n) is 6.95. The summed E-state index contributed by atoms with van der Waals surface area (Å²) in [5, 5.41) is 11.9. The molecule has 0 amide bonds. The van der Waals surface area contributed by atoms with E-state index in [1.54, 1.807) is 0 Å². The molecule has 4 nitrogen and oxygen atoms in total. The minimum atomic E-state index is 0.215. The third-order valence-electron chi connectivity index (χ3n) is 2.69. The lowest BCUT2D eigenvalue weighted by molar-refractivity contribution is 0.251. The van der Waals surface area contributed by atoms with Crippen molar-refractivity contribution in [1.29, 1.82) is 0 Å². The van der Waals surface area contributed by atoms with Crippen LogP contribution in [0.2, 0.25) is 0 Å². The van der Waals surface area contributed by atoms with Gasteiger partial charge in [0.15, 0.2) is 0 Å². The van der Waals surface area contributed by atoms with Crippen molar-refractivity contribution in [3.8, 4) is 11.5 Å². The van der Waals surface area contributed by atoms with Gasteiger partial charge < -0.3 is 19.9 Å². The summed E-state index contributed by atoms with van der Waals surface area (Å²) in [5.41, 5.74) is 1.12. The summed E-state index contributed by atoms with van der Waals surface area (Å²) in [6.45, 7) is 4.40. The van der Waals surface area contributed by atoms with E-state index in [4.69, 9.17) is 14.6 Å². The molecular formula is C15H25NO3. The second-order valence-electron chi connectivity index (χ2n) is 4.43. The molecule has 0 atom stereocenters. The first-order chi connectivity index (χ1) is 9.31. The van der Waals surface area contributed by atoms with Gasteiger partial charge in [-0.15, -0.1) is 0 Å². The Hall–Kier alpha value is -1.26. The monoisotopic (exact) mass is 267 g/mol. The highest BCUT2D eigenvalue weighted by molar-refractivity contribution is 5.40. The Bertz CT molecular complexity index is 355. The van der Waals surface area contributed by atoms with Crippen molar-refractivity contribution in [3.05, 3.63) is 23.8 Å². The van der Waals surface area contributed by atoms with Crippen molar-refractivity contribution >= 4 is 0 Å². The molecule has 0 saturated heterocycles. The SMILES string of the molecule is CCCOc1ccc(CNC)c(OCCCCO)c1. The Labute approximate surface area is 115 Å². The number of nitrogens with one attached hydrogen (secondary N) is 1. The van der Waals surface area contributed by atoms with E-state index >= 15 is 0 Å². The Morgan fingerprint density at radius 2 is 2.00 bits per heavy atom. The molecule has 0 radical (unpaired) electrons. The van der Waals surface area contributed by atoms with Gasteiger partial charge in [0.1, 0.15) is 11.5 Å². The molecule has 2 N–H and O–H groups in total. The first-order valence-corrected chi connectivity index (χ1v) is 6.95. The van der Waals surface area contributed by atoms with Gasteiger partial charge in [-0.05, 0) is 32.4 Å². The first kappa shape index (κ1) is 15.8. The lowest BCUT2D eigenvalue weighted by Crippen LogP contribution is -2.09. The van der Waals surface area contributed by atoms with Gasteiger partial charge in [0, 0.05) is 24.8 Å². The number of benzene rings is 1. The summed E-state index contributed by atoms with van der Waals surface area (Å²) in [6, 6.07) is 5.95. The zero-order chi connectivity index (χ0) is 13.9. The van der Waals surface area contributed by atoms with E-state index in [1.807, 2.05) is 25.2 Å². The number of aliphatic hydroxyl groups is 1. The average molecular weight is 267 g/mol. The molecule has 108 valence electrons. The van der Waals surface area contributed by atoms with Crippen LogP contribution in [-0.4, -0.2) is 32.0 Å². The molecule has 0 aliphatic heterocycles. The van der Waals surface area contributed by atoms with Gasteiger partial charge in [-0.25, -0.2) is 0 Å². The smallest absolute Gasteiger partial charge is 0.127 e. The molecule has 0 unspecified atom stereocenters. The van der Waals surface area contributed by atoms with Crippen LogP contribution in [0.4, 0.5) is 0 Å². The third kappa shape index (κ3) is 5.94. The van der Waals surface area contributed by atoms with Crippen LogP contribution in [0.3, 0.4) is 0 Å². The lowest BCUT2D eigenvalue weighted by Gasteiger charge is -2.13. The molecule has 0 fully saturated rings. The van der Waals surface area contributed by atoms with E-state index in [0.717, 1.165) is 49.5 Å². The van der Waals surface area contributed by atoms with Crippen LogP contribution >= 0.6 is 0 Å². The van der Waals surface area contributed by atoms with Crippen LogP contribution in [0.25, 0.3) is 0 Å². The van der Waals surface area contributed by atoms with Crippen molar-refractivity contribution in [2.75, 3.05) is 26.9 Å². The molecule has 0 aliphatic rings. The molecular weight excluding hydrogens is 242 g/mol. The maximum Gasteiger partial charge on any atom is 0.127 e. The highest BCUT2D eigenvalue weighted by Gasteiger charge is 2.05. The van der Waals surface area contributed by atoms with E-state index in [0.29, 0.717) is 6.61 Å². The van der Waals surface area contributed by atoms with Crippen molar-refractivity contribution in [3.63, 3.8) is 0 Å². The lowest BCUT2D eigenvalue weighted by atomic mass is 10.2. The topological polar surface area (TPSA) is 50.7 Å².